The fraction of sp³-hybridized carbons (Fsp3) is 0.316. The van der Waals surface area contributed by atoms with Crippen molar-refractivity contribution in [3.8, 4) is 0 Å². The first-order valence-electron chi connectivity index (χ1n) is 8.43. The molecule has 0 atom stereocenters. The van der Waals surface area contributed by atoms with E-state index in [1.807, 2.05) is 48.5 Å². The molecule has 25 heavy (non-hydrogen) atoms. The lowest BCUT2D eigenvalue weighted by molar-refractivity contribution is 0.00578. The summed E-state index contributed by atoms with van der Waals surface area (Å²) < 4.78 is 17.5. The summed E-state index contributed by atoms with van der Waals surface area (Å²) in [4.78, 5) is 0. The Morgan fingerprint density at radius 3 is 2.20 bits per heavy atom. The Morgan fingerprint density at radius 2 is 1.52 bits per heavy atom. The maximum absolute atomic E-state index is 6.08. The molecule has 1 aliphatic heterocycles. The van der Waals surface area contributed by atoms with Crippen LogP contribution in [0.2, 0.25) is 0 Å². The molecule has 0 spiro atoms. The van der Waals surface area contributed by atoms with Crippen molar-refractivity contribution in [3.05, 3.63) is 48.5 Å². The van der Waals surface area contributed by atoms with Gasteiger partial charge in [-0.3, -0.25) is 0 Å². The van der Waals surface area contributed by atoms with Gasteiger partial charge < -0.3 is 19.1 Å². The molecule has 2 heterocycles. The van der Waals surface area contributed by atoms with E-state index in [4.69, 9.17) is 13.8 Å². The average Bonchev–Trinajstić information content (AvgIpc) is 3.07. The minimum absolute atomic E-state index is 0.339. The number of para-hydroxylation sites is 1. The molecule has 0 saturated carbocycles. The Kier molecular flexibility index (Phi) is 3.63. The van der Waals surface area contributed by atoms with E-state index in [0.717, 1.165) is 22.1 Å². The molecule has 0 aliphatic carbocycles. The van der Waals surface area contributed by atoms with Crippen molar-refractivity contribution in [3.63, 3.8) is 0 Å². The predicted molar refractivity (Wildman–Crippen MR) is 99.4 cm³/mol. The normalized spacial score (nSPS) is 18.6. The number of benzene rings is 2. The Labute approximate surface area is 147 Å². The van der Waals surface area contributed by atoms with Crippen LogP contribution in [0.25, 0.3) is 11.0 Å². The van der Waals surface area contributed by atoms with Crippen LogP contribution in [0.3, 0.4) is 0 Å². The molecular weight excluding hydrogens is 315 g/mol. The van der Waals surface area contributed by atoms with E-state index in [0.29, 0.717) is 5.82 Å². The van der Waals surface area contributed by atoms with Gasteiger partial charge in [0.15, 0.2) is 11.4 Å². The van der Waals surface area contributed by atoms with Crippen molar-refractivity contribution in [2.75, 3.05) is 5.32 Å². The van der Waals surface area contributed by atoms with Gasteiger partial charge in [0.25, 0.3) is 0 Å². The summed E-state index contributed by atoms with van der Waals surface area (Å²) in [5.41, 5.74) is 2.01. The summed E-state index contributed by atoms with van der Waals surface area (Å²) in [7, 11) is -0.355. The first kappa shape index (κ1) is 16.2. The third kappa shape index (κ3) is 2.81. The zero-order valence-electron chi connectivity index (χ0n) is 14.9. The highest BCUT2D eigenvalue weighted by atomic mass is 16.7. The van der Waals surface area contributed by atoms with Crippen LogP contribution >= 0.6 is 0 Å². The van der Waals surface area contributed by atoms with E-state index < -0.39 is 0 Å². The van der Waals surface area contributed by atoms with Crippen molar-refractivity contribution in [1.82, 2.24) is 5.16 Å². The summed E-state index contributed by atoms with van der Waals surface area (Å²) in [5.74, 6) is 0.707. The van der Waals surface area contributed by atoms with E-state index in [2.05, 4.69) is 38.2 Å². The van der Waals surface area contributed by atoms with E-state index in [1.165, 1.54) is 0 Å². The van der Waals surface area contributed by atoms with Gasteiger partial charge in [-0.15, -0.1) is 0 Å². The topological polar surface area (TPSA) is 56.5 Å². The van der Waals surface area contributed by atoms with Crippen molar-refractivity contribution < 1.29 is 13.8 Å². The number of rotatable bonds is 3. The molecule has 1 aliphatic rings. The highest BCUT2D eigenvalue weighted by Gasteiger charge is 2.51. The minimum Gasteiger partial charge on any atom is -0.399 e. The van der Waals surface area contributed by atoms with Gasteiger partial charge in [0.05, 0.1) is 16.6 Å². The maximum atomic E-state index is 6.08. The number of aromatic nitrogens is 1. The summed E-state index contributed by atoms with van der Waals surface area (Å²) >= 11 is 0. The number of hydrogen-bond donors (Lipinski definition) is 1. The maximum Gasteiger partial charge on any atom is 0.494 e. The molecule has 1 aromatic heterocycles. The zero-order valence-corrected chi connectivity index (χ0v) is 14.9. The van der Waals surface area contributed by atoms with E-state index in [-0.39, 0.29) is 18.3 Å². The Bertz CT molecular complexity index is 886. The molecule has 6 heteroatoms. The fourth-order valence-electron chi connectivity index (χ4n) is 2.82. The highest BCUT2D eigenvalue weighted by molar-refractivity contribution is 6.62. The smallest absolute Gasteiger partial charge is 0.399 e. The second-order valence-electron chi connectivity index (χ2n) is 7.36. The van der Waals surface area contributed by atoms with Gasteiger partial charge in [0, 0.05) is 5.69 Å². The summed E-state index contributed by atoms with van der Waals surface area (Å²) in [5, 5.41) is 8.34. The van der Waals surface area contributed by atoms with Crippen LogP contribution < -0.4 is 10.8 Å². The molecule has 0 amide bonds. The van der Waals surface area contributed by atoms with Gasteiger partial charge >= 0.3 is 7.12 Å². The molecular formula is C19H21BN2O3. The van der Waals surface area contributed by atoms with Gasteiger partial charge in [0.2, 0.25) is 0 Å². The van der Waals surface area contributed by atoms with Crippen LogP contribution in [0, 0.1) is 0 Å². The van der Waals surface area contributed by atoms with Crippen molar-refractivity contribution in [2.45, 2.75) is 38.9 Å². The van der Waals surface area contributed by atoms with Gasteiger partial charge in [-0.2, -0.15) is 0 Å². The standard InChI is InChI=1S/C19H21BN2O3/c1-18(2)19(3,4)25-20(24-18)13-9-11-14(12-10-13)21-17-15-7-5-6-8-16(15)23-22-17/h5-12H,1-4H3,(H,21,22). The van der Waals surface area contributed by atoms with Crippen LogP contribution in [0.1, 0.15) is 27.7 Å². The second kappa shape index (κ2) is 5.61. The van der Waals surface area contributed by atoms with Crippen LogP contribution in [0.5, 0.6) is 0 Å². The minimum atomic E-state index is -0.355. The van der Waals surface area contributed by atoms with E-state index in [1.54, 1.807) is 0 Å². The highest BCUT2D eigenvalue weighted by Crippen LogP contribution is 2.36. The van der Waals surface area contributed by atoms with Crippen LogP contribution in [0.15, 0.2) is 53.1 Å². The first-order chi connectivity index (χ1) is 11.9. The molecule has 5 nitrogen and oxygen atoms in total. The summed E-state index contributed by atoms with van der Waals surface area (Å²) in [6.07, 6.45) is 0. The molecule has 0 bridgehead atoms. The quantitative estimate of drug-likeness (QED) is 0.736. The van der Waals surface area contributed by atoms with E-state index in [9.17, 15) is 0 Å². The van der Waals surface area contributed by atoms with Crippen LogP contribution in [-0.4, -0.2) is 23.5 Å². The van der Waals surface area contributed by atoms with Crippen molar-refractivity contribution in [1.29, 1.82) is 0 Å². The molecule has 1 saturated heterocycles. The lowest BCUT2D eigenvalue weighted by atomic mass is 9.79. The fourth-order valence-corrected chi connectivity index (χ4v) is 2.82. The molecule has 3 aromatic rings. The van der Waals surface area contributed by atoms with Gasteiger partial charge in [-0.05, 0) is 57.4 Å². The largest absolute Gasteiger partial charge is 0.494 e. The van der Waals surface area contributed by atoms with Gasteiger partial charge in [0.1, 0.15) is 0 Å². The summed E-state index contributed by atoms with van der Waals surface area (Å²) in [6.45, 7) is 8.22. The van der Waals surface area contributed by atoms with Gasteiger partial charge in [-0.25, -0.2) is 0 Å². The Balaban J connectivity index is 1.53. The number of nitrogens with zero attached hydrogens (tertiary/aromatic N) is 1. The van der Waals surface area contributed by atoms with Crippen LogP contribution in [0.4, 0.5) is 11.5 Å². The Morgan fingerprint density at radius 1 is 0.880 bits per heavy atom. The predicted octanol–water partition coefficient (Wildman–Crippen LogP) is 3.87. The lowest BCUT2D eigenvalue weighted by Gasteiger charge is -2.32. The van der Waals surface area contributed by atoms with E-state index >= 15 is 0 Å². The molecule has 128 valence electrons. The number of anilines is 2. The Hall–Kier alpha value is -2.31. The molecule has 2 aromatic carbocycles. The third-order valence-corrected chi connectivity index (χ3v) is 5.08. The monoisotopic (exact) mass is 336 g/mol. The SMILES string of the molecule is CC1(C)OB(c2ccc(Nc3noc4ccccc34)cc2)OC1(C)C. The molecule has 1 fully saturated rings. The number of hydrogen-bond acceptors (Lipinski definition) is 5. The third-order valence-electron chi connectivity index (χ3n) is 5.08. The number of nitrogens with one attached hydrogen (secondary N) is 1. The average molecular weight is 336 g/mol. The van der Waals surface area contributed by atoms with Crippen molar-refractivity contribution in [2.24, 2.45) is 0 Å². The molecule has 4 rings (SSSR count). The van der Waals surface area contributed by atoms with Gasteiger partial charge in [-0.1, -0.05) is 29.4 Å². The van der Waals surface area contributed by atoms with Crippen molar-refractivity contribution >= 4 is 35.1 Å². The summed E-state index contributed by atoms with van der Waals surface area (Å²) in [6, 6.07) is 15.8. The van der Waals surface area contributed by atoms with Crippen LogP contribution in [-0.2, 0) is 9.31 Å². The molecule has 1 N–H and O–H groups in total. The zero-order chi connectivity index (χ0) is 17.7. The molecule has 0 unspecified atom stereocenters. The lowest BCUT2D eigenvalue weighted by Crippen LogP contribution is -2.41. The second-order valence-corrected chi connectivity index (χ2v) is 7.36. The molecule has 0 radical (unpaired) electrons. The first-order valence-corrected chi connectivity index (χ1v) is 8.43. The number of fused-ring (bicyclic) bond motifs is 1.